The van der Waals surface area contributed by atoms with Crippen molar-refractivity contribution in [2.45, 2.75) is 0 Å². The smallest absolute Gasteiger partial charge is 0.273 e. The number of amides is 3. The highest BCUT2D eigenvalue weighted by Crippen LogP contribution is 2.31. The fourth-order valence-electron chi connectivity index (χ4n) is 3.27. The summed E-state index contributed by atoms with van der Waals surface area (Å²) in [5, 5.41) is 1.80. The zero-order valence-corrected chi connectivity index (χ0v) is 16.2. The predicted octanol–water partition coefficient (Wildman–Crippen LogP) is 2.03. The van der Waals surface area contributed by atoms with Gasteiger partial charge in [-0.3, -0.25) is 30.1 Å². The largest absolute Gasteiger partial charge is 0.496 e. The van der Waals surface area contributed by atoms with E-state index in [9.17, 15) is 14.4 Å². The highest BCUT2D eigenvalue weighted by Gasteiger charge is 2.27. The van der Waals surface area contributed by atoms with Crippen LogP contribution in [0, 0.1) is 0 Å². The van der Waals surface area contributed by atoms with E-state index < -0.39 is 11.8 Å². The molecule has 0 spiro atoms. The number of hydrazine groups is 1. The fraction of sp³-hybridized carbons (Fsp3) is 0.136. The maximum absolute atomic E-state index is 12.6. The zero-order chi connectivity index (χ0) is 21.1. The minimum Gasteiger partial charge on any atom is -0.496 e. The molecule has 152 valence electrons. The Morgan fingerprint density at radius 2 is 1.73 bits per heavy atom. The third-order valence-electron chi connectivity index (χ3n) is 4.74. The average Bonchev–Trinajstić information content (AvgIpc) is 2.78. The van der Waals surface area contributed by atoms with Gasteiger partial charge >= 0.3 is 0 Å². The number of para-hydroxylation sites is 2. The molecule has 0 saturated carbocycles. The first kappa shape index (κ1) is 19.3. The molecule has 30 heavy (non-hydrogen) atoms. The summed E-state index contributed by atoms with van der Waals surface area (Å²) in [6, 6.07) is 18.0. The lowest BCUT2D eigenvalue weighted by molar-refractivity contribution is -0.125. The number of hydrogen-bond acceptors (Lipinski definition) is 5. The Labute approximate surface area is 172 Å². The Bertz CT molecular complexity index is 1140. The Balaban J connectivity index is 1.45. The van der Waals surface area contributed by atoms with Gasteiger partial charge in [-0.2, -0.15) is 0 Å². The first-order chi connectivity index (χ1) is 14.6. The van der Waals surface area contributed by atoms with Gasteiger partial charge in [0.25, 0.3) is 17.7 Å². The highest BCUT2D eigenvalue weighted by molar-refractivity contribution is 6.04. The van der Waals surface area contributed by atoms with E-state index in [0.29, 0.717) is 17.2 Å². The van der Waals surface area contributed by atoms with Crippen LogP contribution in [0.1, 0.15) is 10.4 Å². The fourth-order valence-corrected chi connectivity index (χ4v) is 3.27. The highest BCUT2D eigenvalue weighted by atomic mass is 16.5. The molecule has 8 heteroatoms. The van der Waals surface area contributed by atoms with Crippen molar-refractivity contribution in [1.29, 1.82) is 0 Å². The van der Waals surface area contributed by atoms with Crippen molar-refractivity contribution in [1.82, 2.24) is 10.9 Å². The molecular weight excluding hydrogens is 386 g/mol. The second-order valence-corrected chi connectivity index (χ2v) is 6.64. The standard InChI is InChI=1S/C22H19N3O5/c1-29-19-11-15-7-3-2-6-14(15)10-16(19)22(28)24-23-20(26)12-25-17-8-4-5-9-18(17)30-13-21(25)27/h2-11H,12-13H2,1H3,(H,23,26)(H,24,28). The van der Waals surface area contributed by atoms with Gasteiger partial charge in [-0.05, 0) is 35.0 Å². The first-order valence-corrected chi connectivity index (χ1v) is 9.25. The van der Waals surface area contributed by atoms with Crippen LogP contribution in [-0.4, -0.2) is 38.0 Å². The van der Waals surface area contributed by atoms with Crippen LogP contribution in [0.2, 0.25) is 0 Å². The summed E-state index contributed by atoms with van der Waals surface area (Å²) >= 11 is 0. The molecule has 4 rings (SSSR count). The number of nitrogens with zero attached hydrogens (tertiary/aromatic N) is 1. The molecule has 0 fully saturated rings. The maximum atomic E-state index is 12.6. The molecular formula is C22H19N3O5. The van der Waals surface area contributed by atoms with Crippen molar-refractivity contribution < 1.29 is 23.9 Å². The van der Waals surface area contributed by atoms with Crippen LogP contribution in [0.5, 0.6) is 11.5 Å². The Hall–Kier alpha value is -4.07. The summed E-state index contributed by atoms with van der Waals surface area (Å²) in [6.07, 6.45) is 0. The Kier molecular flexibility index (Phi) is 5.21. The monoisotopic (exact) mass is 405 g/mol. The van der Waals surface area contributed by atoms with E-state index in [1.807, 2.05) is 24.3 Å². The molecule has 0 saturated heterocycles. The minimum absolute atomic E-state index is 0.148. The van der Waals surface area contributed by atoms with Crippen molar-refractivity contribution >= 4 is 34.2 Å². The van der Waals surface area contributed by atoms with Gasteiger partial charge in [-0.15, -0.1) is 0 Å². The normalized spacial score (nSPS) is 12.7. The van der Waals surface area contributed by atoms with Gasteiger partial charge in [-0.25, -0.2) is 0 Å². The van der Waals surface area contributed by atoms with Gasteiger partial charge in [-0.1, -0.05) is 36.4 Å². The first-order valence-electron chi connectivity index (χ1n) is 9.25. The van der Waals surface area contributed by atoms with E-state index in [4.69, 9.17) is 9.47 Å². The third-order valence-corrected chi connectivity index (χ3v) is 4.74. The van der Waals surface area contributed by atoms with Crippen LogP contribution in [0.25, 0.3) is 10.8 Å². The number of carbonyl (C=O) groups is 3. The van der Waals surface area contributed by atoms with Crippen molar-refractivity contribution in [3.8, 4) is 11.5 Å². The number of hydrogen-bond donors (Lipinski definition) is 2. The van der Waals surface area contributed by atoms with Crippen LogP contribution in [-0.2, 0) is 9.59 Å². The van der Waals surface area contributed by atoms with Crippen molar-refractivity contribution in [2.24, 2.45) is 0 Å². The molecule has 0 unspecified atom stereocenters. The van der Waals surface area contributed by atoms with Crippen LogP contribution < -0.4 is 25.2 Å². The molecule has 3 amide bonds. The van der Waals surface area contributed by atoms with Gasteiger partial charge in [0, 0.05) is 0 Å². The van der Waals surface area contributed by atoms with E-state index in [0.717, 1.165) is 10.8 Å². The molecule has 0 aromatic heterocycles. The maximum Gasteiger partial charge on any atom is 0.273 e. The topological polar surface area (TPSA) is 97.0 Å². The van der Waals surface area contributed by atoms with Crippen molar-refractivity contribution in [2.75, 3.05) is 25.2 Å². The number of methoxy groups -OCH3 is 1. The van der Waals surface area contributed by atoms with E-state index in [-0.39, 0.29) is 24.6 Å². The van der Waals surface area contributed by atoms with E-state index in [1.165, 1.54) is 12.0 Å². The summed E-state index contributed by atoms with van der Waals surface area (Å²) in [6.45, 7) is -0.403. The molecule has 8 nitrogen and oxygen atoms in total. The summed E-state index contributed by atoms with van der Waals surface area (Å²) in [5.41, 5.74) is 5.52. The lowest BCUT2D eigenvalue weighted by Gasteiger charge is -2.28. The van der Waals surface area contributed by atoms with E-state index in [1.54, 1.807) is 36.4 Å². The second-order valence-electron chi connectivity index (χ2n) is 6.64. The predicted molar refractivity (Wildman–Crippen MR) is 110 cm³/mol. The SMILES string of the molecule is COc1cc2ccccc2cc1C(=O)NNC(=O)CN1C(=O)COc2ccccc21. The summed E-state index contributed by atoms with van der Waals surface area (Å²) in [7, 11) is 1.47. The van der Waals surface area contributed by atoms with Gasteiger partial charge in [0.15, 0.2) is 6.61 Å². The van der Waals surface area contributed by atoms with Crippen LogP contribution in [0.3, 0.4) is 0 Å². The van der Waals surface area contributed by atoms with E-state index >= 15 is 0 Å². The third kappa shape index (κ3) is 3.75. The number of anilines is 1. The second kappa shape index (κ2) is 8.12. The molecule has 3 aromatic rings. The molecule has 0 radical (unpaired) electrons. The average molecular weight is 405 g/mol. The van der Waals surface area contributed by atoms with Gasteiger partial charge in [0.2, 0.25) is 0 Å². The number of nitrogens with one attached hydrogen (secondary N) is 2. The van der Waals surface area contributed by atoms with Crippen LogP contribution in [0.15, 0.2) is 60.7 Å². The van der Waals surface area contributed by atoms with Crippen LogP contribution >= 0.6 is 0 Å². The van der Waals surface area contributed by atoms with Crippen molar-refractivity contribution in [3.63, 3.8) is 0 Å². The Morgan fingerprint density at radius 3 is 2.50 bits per heavy atom. The lowest BCUT2D eigenvalue weighted by Crippen LogP contribution is -2.49. The molecule has 0 bridgehead atoms. The quantitative estimate of drug-likeness (QED) is 0.648. The lowest BCUT2D eigenvalue weighted by atomic mass is 10.1. The summed E-state index contributed by atoms with van der Waals surface area (Å²) in [4.78, 5) is 38.5. The molecule has 0 atom stereocenters. The molecule has 3 aromatic carbocycles. The molecule has 1 aliphatic rings. The number of fused-ring (bicyclic) bond motifs is 2. The molecule has 1 aliphatic heterocycles. The van der Waals surface area contributed by atoms with E-state index in [2.05, 4.69) is 10.9 Å². The van der Waals surface area contributed by atoms with Gasteiger partial charge < -0.3 is 9.47 Å². The number of carbonyl (C=O) groups excluding carboxylic acids is 3. The molecule has 0 aliphatic carbocycles. The Morgan fingerprint density at radius 1 is 1.03 bits per heavy atom. The summed E-state index contributed by atoms with van der Waals surface area (Å²) < 4.78 is 10.7. The zero-order valence-electron chi connectivity index (χ0n) is 16.2. The van der Waals surface area contributed by atoms with Gasteiger partial charge in [0.05, 0.1) is 18.4 Å². The minimum atomic E-state index is -0.548. The number of ether oxygens (including phenoxy) is 2. The van der Waals surface area contributed by atoms with Crippen molar-refractivity contribution in [3.05, 3.63) is 66.2 Å². The summed E-state index contributed by atoms with van der Waals surface area (Å²) in [5.74, 6) is -0.508. The molecule has 2 N–H and O–H groups in total. The molecule has 1 heterocycles. The van der Waals surface area contributed by atoms with Crippen LogP contribution in [0.4, 0.5) is 5.69 Å². The number of rotatable bonds is 4. The van der Waals surface area contributed by atoms with Gasteiger partial charge in [0.1, 0.15) is 18.0 Å². The number of benzene rings is 3.